The number of rotatable bonds is 3. The van der Waals surface area contributed by atoms with E-state index < -0.39 is 0 Å². The van der Waals surface area contributed by atoms with Crippen LogP contribution in [0.5, 0.6) is 0 Å². The van der Waals surface area contributed by atoms with Crippen molar-refractivity contribution in [3.63, 3.8) is 0 Å². The average molecular weight is 577 g/mol. The van der Waals surface area contributed by atoms with Crippen LogP contribution in [0.25, 0.3) is 93.9 Å². The Morgan fingerprint density at radius 3 is 2.04 bits per heavy atom. The smallest absolute Gasteiger partial charge is 0.227 e. The van der Waals surface area contributed by atoms with Crippen LogP contribution in [0.4, 0.5) is 0 Å². The lowest BCUT2D eigenvalue weighted by molar-refractivity contribution is 0.622. The molecule has 0 aliphatic heterocycles. The van der Waals surface area contributed by atoms with Crippen molar-refractivity contribution in [3.8, 4) is 28.3 Å². The third-order valence-electron chi connectivity index (χ3n) is 9.03. The molecule has 3 heterocycles. The summed E-state index contributed by atoms with van der Waals surface area (Å²) in [6, 6.07) is 51.0. The van der Waals surface area contributed by atoms with Gasteiger partial charge in [0.25, 0.3) is 0 Å². The van der Waals surface area contributed by atoms with E-state index in [-0.39, 0.29) is 0 Å². The summed E-state index contributed by atoms with van der Waals surface area (Å²) in [5.41, 5.74) is 10.1. The molecule has 0 aliphatic rings. The van der Waals surface area contributed by atoms with E-state index in [1.807, 2.05) is 30.3 Å². The highest BCUT2D eigenvalue weighted by Gasteiger charge is 2.19. The molecular weight excluding hydrogens is 552 g/mol. The molecule has 0 bridgehead atoms. The van der Waals surface area contributed by atoms with E-state index in [4.69, 9.17) is 13.8 Å². The lowest BCUT2D eigenvalue weighted by Crippen LogP contribution is -1.95. The molecule has 0 amide bonds. The summed E-state index contributed by atoms with van der Waals surface area (Å²) in [6.45, 7) is 0. The number of hydrogen-bond acceptors (Lipinski definition) is 3. The first-order valence-electron chi connectivity index (χ1n) is 15.1. The van der Waals surface area contributed by atoms with Gasteiger partial charge in [-0.3, -0.25) is 0 Å². The molecule has 10 aromatic rings. The molecule has 4 heteroatoms. The summed E-state index contributed by atoms with van der Waals surface area (Å²) in [6.07, 6.45) is 0. The Morgan fingerprint density at radius 2 is 1.20 bits per heavy atom. The Hall–Kier alpha value is -6.13. The predicted molar refractivity (Wildman–Crippen MR) is 184 cm³/mol. The number of para-hydroxylation sites is 2. The molecule has 3 aromatic heterocycles. The van der Waals surface area contributed by atoms with E-state index in [0.717, 1.165) is 44.3 Å². The monoisotopic (exact) mass is 576 g/mol. The van der Waals surface area contributed by atoms with E-state index in [2.05, 4.69) is 120 Å². The second kappa shape index (κ2) is 9.18. The van der Waals surface area contributed by atoms with Gasteiger partial charge in [0, 0.05) is 32.8 Å². The van der Waals surface area contributed by atoms with Gasteiger partial charge < -0.3 is 13.4 Å². The van der Waals surface area contributed by atoms with Crippen molar-refractivity contribution in [1.29, 1.82) is 0 Å². The number of hydrogen-bond donors (Lipinski definition) is 0. The zero-order chi connectivity index (χ0) is 29.5. The first-order chi connectivity index (χ1) is 22.3. The predicted octanol–water partition coefficient (Wildman–Crippen LogP) is 11.3. The second-order valence-corrected chi connectivity index (χ2v) is 11.5. The first-order valence-corrected chi connectivity index (χ1v) is 15.1. The standard InChI is InChI=1S/C41H24N2O2/c1-2-10-25(11-3-1)32-24-33-29-13-6-8-16-35(29)43(39(33)30-14-5-4-12-28(30)32)27-20-18-26(19-21-27)41-42-34-22-23-37-38(40(34)45-41)31-15-7-9-17-36(31)44-37/h1-24H. The summed E-state index contributed by atoms with van der Waals surface area (Å²) in [4.78, 5) is 4.88. The van der Waals surface area contributed by atoms with Gasteiger partial charge in [0.15, 0.2) is 5.58 Å². The molecule has 0 radical (unpaired) electrons. The molecule has 0 spiro atoms. The van der Waals surface area contributed by atoms with Gasteiger partial charge in [0.2, 0.25) is 5.89 Å². The fraction of sp³-hybridized carbons (Fsp3) is 0. The number of nitrogens with zero attached hydrogens (tertiary/aromatic N) is 2. The molecule has 0 N–H and O–H groups in total. The van der Waals surface area contributed by atoms with Crippen LogP contribution in [0, 0.1) is 0 Å². The minimum Gasteiger partial charge on any atom is -0.456 e. The van der Waals surface area contributed by atoms with Crippen LogP contribution in [0.3, 0.4) is 0 Å². The van der Waals surface area contributed by atoms with Crippen LogP contribution >= 0.6 is 0 Å². The molecule has 0 saturated carbocycles. The van der Waals surface area contributed by atoms with Crippen LogP contribution in [0.15, 0.2) is 154 Å². The minimum atomic E-state index is 0.592. The molecule has 0 fully saturated rings. The molecule has 210 valence electrons. The molecule has 0 saturated heterocycles. The maximum Gasteiger partial charge on any atom is 0.227 e. The SMILES string of the molecule is c1ccc(-c2cc3c4ccccc4n(-c4ccc(-c5nc6ccc7oc8ccccc8c7c6o5)cc4)c3c3ccccc23)cc1. The molecule has 4 nitrogen and oxygen atoms in total. The van der Waals surface area contributed by atoms with Gasteiger partial charge in [0.05, 0.1) is 16.4 Å². The highest BCUT2D eigenvalue weighted by atomic mass is 16.4. The zero-order valence-corrected chi connectivity index (χ0v) is 24.1. The molecule has 0 atom stereocenters. The molecule has 7 aromatic carbocycles. The van der Waals surface area contributed by atoms with Crippen molar-refractivity contribution in [1.82, 2.24) is 9.55 Å². The number of fused-ring (bicyclic) bond motifs is 10. The van der Waals surface area contributed by atoms with Gasteiger partial charge in [-0.05, 0) is 71.1 Å². The fourth-order valence-corrected chi connectivity index (χ4v) is 7.02. The van der Waals surface area contributed by atoms with Crippen LogP contribution in [-0.2, 0) is 0 Å². The number of aromatic nitrogens is 2. The van der Waals surface area contributed by atoms with Gasteiger partial charge in [-0.2, -0.15) is 0 Å². The van der Waals surface area contributed by atoms with E-state index >= 15 is 0 Å². The second-order valence-electron chi connectivity index (χ2n) is 11.5. The van der Waals surface area contributed by atoms with Crippen molar-refractivity contribution >= 4 is 65.6 Å². The maximum atomic E-state index is 6.44. The average Bonchev–Trinajstić information content (AvgIpc) is 3.80. The fourth-order valence-electron chi connectivity index (χ4n) is 7.02. The molecule has 0 unspecified atom stereocenters. The summed E-state index contributed by atoms with van der Waals surface area (Å²) in [7, 11) is 0. The maximum absolute atomic E-state index is 6.44. The van der Waals surface area contributed by atoms with E-state index in [1.165, 1.54) is 43.7 Å². The zero-order valence-electron chi connectivity index (χ0n) is 24.1. The van der Waals surface area contributed by atoms with Crippen molar-refractivity contribution in [3.05, 3.63) is 146 Å². The van der Waals surface area contributed by atoms with Crippen molar-refractivity contribution in [2.75, 3.05) is 0 Å². The van der Waals surface area contributed by atoms with Crippen molar-refractivity contribution in [2.45, 2.75) is 0 Å². The van der Waals surface area contributed by atoms with Crippen molar-refractivity contribution < 1.29 is 8.83 Å². The van der Waals surface area contributed by atoms with Gasteiger partial charge in [0.1, 0.15) is 16.7 Å². The first kappa shape index (κ1) is 24.3. The number of furan rings is 1. The van der Waals surface area contributed by atoms with Gasteiger partial charge in [-0.25, -0.2) is 4.98 Å². The highest BCUT2D eigenvalue weighted by Crippen LogP contribution is 2.42. The lowest BCUT2D eigenvalue weighted by atomic mass is 9.95. The molecule has 0 aliphatic carbocycles. The lowest BCUT2D eigenvalue weighted by Gasteiger charge is -2.13. The Morgan fingerprint density at radius 1 is 0.489 bits per heavy atom. The summed E-state index contributed by atoms with van der Waals surface area (Å²) in [5.74, 6) is 0.592. The molecule has 10 rings (SSSR count). The normalized spacial score (nSPS) is 12.0. The largest absolute Gasteiger partial charge is 0.456 e. The Bertz CT molecular complexity index is 2750. The molecule has 45 heavy (non-hydrogen) atoms. The van der Waals surface area contributed by atoms with Crippen LogP contribution < -0.4 is 0 Å². The van der Waals surface area contributed by atoms with Crippen LogP contribution in [0.2, 0.25) is 0 Å². The summed E-state index contributed by atoms with van der Waals surface area (Å²) in [5, 5.41) is 6.93. The van der Waals surface area contributed by atoms with E-state index in [0.29, 0.717) is 5.89 Å². The van der Waals surface area contributed by atoms with Crippen LogP contribution in [-0.4, -0.2) is 9.55 Å². The summed E-state index contributed by atoms with van der Waals surface area (Å²) < 4.78 is 14.9. The van der Waals surface area contributed by atoms with Gasteiger partial charge >= 0.3 is 0 Å². The van der Waals surface area contributed by atoms with Crippen molar-refractivity contribution in [2.24, 2.45) is 0 Å². The Kier molecular flexibility index (Phi) is 4.96. The van der Waals surface area contributed by atoms with Crippen LogP contribution in [0.1, 0.15) is 0 Å². The summed E-state index contributed by atoms with van der Waals surface area (Å²) >= 11 is 0. The third kappa shape index (κ3) is 3.51. The Labute approximate surface area is 257 Å². The topological polar surface area (TPSA) is 44.1 Å². The minimum absolute atomic E-state index is 0.592. The number of oxazole rings is 1. The highest BCUT2D eigenvalue weighted by molar-refractivity contribution is 6.22. The third-order valence-corrected chi connectivity index (χ3v) is 9.03. The van der Waals surface area contributed by atoms with Gasteiger partial charge in [-0.15, -0.1) is 0 Å². The number of benzene rings is 7. The van der Waals surface area contributed by atoms with E-state index in [1.54, 1.807) is 0 Å². The quantitative estimate of drug-likeness (QED) is 0.210. The van der Waals surface area contributed by atoms with E-state index in [9.17, 15) is 0 Å². The Balaban J connectivity index is 1.17. The van der Waals surface area contributed by atoms with Gasteiger partial charge in [-0.1, -0.05) is 91.0 Å². The molecular formula is C41H24N2O2.